The van der Waals surface area contributed by atoms with Crippen LogP contribution in [0.4, 0.5) is 11.4 Å². The highest BCUT2D eigenvalue weighted by Crippen LogP contribution is 2.26. The first-order chi connectivity index (χ1) is 9.52. The predicted molar refractivity (Wildman–Crippen MR) is 76.6 cm³/mol. The van der Waals surface area contributed by atoms with Crippen molar-refractivity contribution in [3.63, 3.8) is 0 Å². The van der Waals surface area contributed by atoms with Crippen molar-refractivity contribution >= 4 is 28.9 Å². The number of phenolic OH excluding ortho intramolecular Hbond substituents is 1. The van der Waals surface area contributed by atoms with E-state index in [2.05, 4.69) is 5.32 Å². The third kappa shape index (κ3) is 2.66. The Morgan fingerprint density at radius 1 is 1.35 bits per heavy atom. The molecule has 0 atom stereocenters. The van der Waals surface area contributed by atoms with Gasteiger partial charge in [0.15, 0.2) is 5.75 Å². The summed E-state index contributed by atoms with van der Waals surface area (Å²) in [6.07, 6.45) is 0. The number of nitrogens with zero attached hydrogens (tertiary/aromatic N) is 1. The minimum atomic E-state index is -0.518. The van der Waals surface area contributed by atoms with E-state index in [4.69, 9.17) is 22.6 Å². The number of phenols is 1. The predicted octanol–water partition coefficient (Wildman–Crippen LogP) is 2.75. The van der Waals surface area contributed by atoms with Gasteiger partial charge in [-0.1, -0.05) is 17.7 Å². The summed E-state index contributed by atoms with van der Waals surface area (Å²) in [6.45, 7) is 0. The highest BCUT2D eigenvalue weighted by atomic mass is 35.5. The van der Waals surface area contributed by atoms with Crippen molar-refractivity contribution < 1.29 is 9.90 Å². The molecular formula is C14H10ClN3O2. The molecule has 0 unspecified atom stereocenters. The Morgan fingerprint density at radius 3 is 2.75 bits per heavy atom. The lowest BCUT2D eigenvalue weighted by molar-refractivity contribution is 0.102. The number of carbonyl (C=O) groups is 1. The molecule has 0 aliphatic heterocycles. The number of anilines is 2. The number of hydrogen-bond acceptors (Lipinski definition) is 4. The Balaban J connectivity index is 2.26. The molecule has 0 spiro atoms. The number of carbonyl (C=O) groups excluding carboxylic acids is 1. The first-order valence-electron chi connectivity index (χ1n) is 5.61. The lowest BCUT2D eigenvalue weighted by atomic mass is 10.1. The van der Waals surface area contributed by atoms with Crippen molar-refractivity contribution in [3.8, 4) is 11.8 Å². The van der Waals surface area contributed by atoms with Gasteiger partial charge in [0.2, 0.25) is 0 Å². The van der Waals surface area contributed by atoms with Crippen LogP contribution < -0.4 is 11.1 Å². The Labute approximate surface area is 120 Å². The fourth-order valence-electron chi connectivity index (χ4n) is 1.63. The molecule has 0 heterocycles. The van der Waals surface area contributed by atoms with Gasteiger partial charge in [0.25, 0.3) is 5.91 Å². The normalized spacial score (nSPS) is 9.80. The van der Waals surface area contributed by atoms with Crippen LogP contribution in [0, 0.1) is 11.3 Å². The van der Waals surface area contributed by atoms with E-state index in [0.29, 0.717) is 11.3 Å². The zero-order chi connectivity index (χ0) is 14.7. The Morgan fingerprint density at radius 2 is 2.10 bits per heavy atom. The third-order valence-electron chi connectivity index (χ3n) is 2.66. The molecule has 2 aromatic carbocycles. The smallest absolute Gasteiger partial charge is 0.259 e. The number of benzene rings is 2. The van der Waals surface area contributed by atoms with Crippen LogP contribution >= 0.6 is 11.6 Å². The minimum Gasteiger partial charge on any atom is -0.505 e. The summed E-state index contributed by atoms with van der Waals surface area (Å²) in [5.41, 5.74) is 6.44. The summed E-state index contributed by atoms with van der Waals surface area (Å²) < 4.78 is 0. The number of nitrogen functional groups attached to an aromatic ring is 1. The standard InChI is InChI=1S/C14H10ClN3O2/c15-11-6-9(5-4-8(11)7-16)18-14(20)10-2-1-3-12(17)13(10)19/h1-6,19H,17H2,(H,18,20). The van der Waals surface area contributed by atoms with Crippen molar-refractivity contribution in [2.75, 3.05) is 11.1 Å². The second-order valence-electron chi connectivity index (χ2n) is 4.00. The van der Waals surface area contributed by atoms with Gasteiger partial charge in [0.1, 0.15) is 6.07 Å². The molecular weight excluding hydrogens is 278 g/mol. The Hall–Kier alpha value is -2.71. The van der Waals surface area contributed by atoms with Crippen molar-refractivity contribution in [1.82, 2.24) is 0 Å². The van der Waals surface area contributed by atoms with Crippen LogP contribution in [0.15, 0.2) is 36.4 Å². The summed E-state index contributed by atoms with van der Waals surface area (Å²) in [4.78, 5) is 12.0. The number of nitrogens with one attached hydrogen (secondary N) is 1. The molecule has 4 N–H and O–H groups in total. The molecule has 0 saturated carbocycles. The molecule has 0 aliphatic carbocycles. The fourth-order valence-corrected chi connectivity index (χ4v) is 1.85. The number of hydrogen-bond donors (Lipinski definition) is 3. The number of rotatable bonds is 2. The quantitative estimate of drug-likeness (QED) is 0.584. The van der Waals surface area contributed by atoms with Crippen LogP contribution in [-0.2, 0) is 0 Å². The molecule has 20 heavy (non-hydrogen) atoms. The average molecular weight is 288 g/mol. The topological polar surface area (TPSA) is 99.1 Å². The van der Waals surface area contributed by atoms with Gasteiger partial charge in [-0.05, 0) is 30.3 Å². The SMILES string of the molecule is N#Cc1ccc(NC(=O)c2cccc(N)c2O)cc1Cl. The number of para-hydroxylation sites is 1. The van der Waals surface area contributed by atoms with Crippen LogP contribution in [-0.4, -0.2) is 11.0 Å². The molecule has 0 saturated heterocycles. The highest BCUT2D eigenvalue weighted by Gasteiger charge is 2.13. The molecule has 0 aromatic heterocycles. The molecule has 2 rings (SSSR count). The molecule has 2 aromatic rings. The van der Waals surface area contributed by atoms with Crippen LogP contribution in [0.3, 0.4) is 0 Å². The zero-order valence-corrected chi connectivity index (χ0v) is 11.0. The third-order valence-corrected chi connectivity index (χ3v) is 2.97. The Kier molecular flexibility index (Phi) is 3.78. The number of nitrogens with two attached hydrogens (primary N) is 1. The van der Waals surface area contributed by atoms with Gasteiger partial charge in [-0.25, -0.2) is 0 Å². The van der Waals surface area contributed by atoms with Gasteiger partial charge < -0.3 is 16.2 Å². The largest absolute Gasteiger partial charge is 0.505 e. The molecule has 0 bridgehead atoms. The van der Waals surface area contributed by atoms with E-state index in [1.54, 1.807) is 12.1 Å². The molecule has 0 radical (unpaired) electrons. The maximum absolute atomic E-state index is 12.0. The summed E-state index contributed by atoms with van der Waals surface area (Å²) in [5.74, 6) is -0.791. The van der Waals surface area contributed by atoms with Gasteiger partial charge >= 0.3 is 0 Å². The second kappa shape index (κ2) is 5.51. The van der Waals surface area contributed by atoms with Gasteiger partial charge in [-0.15, -0.1) is 0 Å². The molecule has 0 aliphatic rings. The molecule has 5 nitrogen and oxygen atoms in total. The van der Waals surface area contributed by atoms with E-state index in [9.17, 15) is 9.90 Å². The van der Waals surface area contributed by atoms with E-state index in [1.807, 2.05) is 6.07 Å². The lowest BCUT2D eigenvalue weighted by Crippen LogP contribution is -2.12. The van der Waals surface area contributed by atoms with Crippen molar-refractivity contribution in [3.05, 3.63) is 52.5 Å². The highest BCUT2D eigenvalue weighted by molar-refractivity contribution is 6.32. The van der Waals surface area contributed by atoms with E-state index in [0.717, 1.165) is 0 Å². The van der Waals surface area contributed by atoms with Gasteiger partial charge in [0, 0.05) is 5.69 Å². The van der Waals surface area contributed by atoms with Gasteiger partial charge in [-0.2, -0.15) is 5.26 Å². The molecule has 6 heteroatoms. The van der Waals surface area contributed by atoms with E-state index < -0.39 is 5.91 Å². The van der Waals surface area contributed by atoms with Gasteiger partial charge in [0.05, 0.1) is 21.8 Å². The number of halogens is 1. The number of nitriles is 1. The van der Waals surface area contributed by atoms with E-state index >= 15 is 0 Å². The minimum absolute atomic E-state index is 0.0606. The maximum Gasteiger partial charge on any atom is 0.259 e. The van der Waals surface area contributed by atoms with Crippen LogP contribution in [0.2, 0.25) is 5.02 Å². The fraction of sp³-hybridized carbons (Fsp3) is 0. The molecule has 0 fully saturated rings. The summed E-state index contributed by atoms with van der Waals surface area (Å²) in [7, 11) is 0. The van der Waals surface area contributed by atoms with Crippen molar-refractivity contribution in [2.24, 2.45) is 0 Å². The summed E-state index contributed by atoms with van der Waals surface area (Å²) in [5, 5.41) is 21.3. The first-order valence-corrected chi connectivity index (χ1v) is 5.99. The Bertz CT molecular complexity index is 723. The van der Waals surface area contributed by atoms with Crippen LogP contribution in [0.25, 0.3) is 0 Å². The van der Waals surface area contributed by atoms with Crippen molar-refractivity contribution in [2.45, 2.75) is 0 Å². The second-order valence-corrected chi connectivity index (χ2v) is 4.41. The summed E-state index contributed by atoms with van der Waals surface area (Å²) >= 11 is 5.87. The van der Waals surface area contributed by atoms with Crippen molar-refractivity contribution in [1.29, 1.82) is 5.26 Å². The van der Waals surface area contributed by atoms with Gasteiger partial charge in [-0.3, -0.25) is 4.79 Å². The van der Waals surface area contributed by atoms with Crippen LogP contribution in [0.1, 0.15) is 15.9 Å². The number of aromatic hydroxyl groups is 1. The zero-order valence-electron chi connectivity index (χ0n) is 10.2. The monoisotopic (exact) mass is 287 g/mol. The van der Waals surface area contributed by atoms with E-state index in [1.165, 1.54) is 24.3 Å². The average Bonchev–Trinajstić information content (AvgIpc) is 2.42. The maximum atomic E-state index is 12.0. The van der Waals surface area contributed by atoms with E-state index in [-0.39, 0.29) is 22.0 Å². The molecule has 100 valence electrons. The molecule has 1 amide bonds. The van der Waals surface area contributed by atoms with Crippen LogP contribution in [0.5, 0.6) is 5.75 Å². The number of amides is 1. The summed E-state index contributed by atoms with van der Waals surface area (Å²) in [6, 6.07) is 10.9. The lowest BCUT2D eigenvalue weighted by Gasteiger charge is -2.08. The first kappa shape index (κ1) is 13.7.